The predicted molar refractivity (Wildman–Crippen MR) is 99.3 cm³/mol. The number of carbonyl (C=O) groups is 1. The molecule has 7 nitrogen and oxygen atoms in total. The van der Waals surface area contributed by atoms with Crippen LogP contribution in [0, 0.1) is 6.92 Å². The number of hydrogen-bond donors (Lipinski definition) is 1. The number of rotatable bonds is 8. The van der Waals surface area contributed by atoms with Crippen molar-refractivity contribution < 1.29 is 19.0 Å². The number of benzene rings is 1. The zero-order valence-corrected chi connectivity index (χ0v) is 16.1. The quantitative estimate of drug-likeness (QED) is 0.428. The molecule has 0 saturated carbocycles. The number of hydrogen-bond acceptors (Lipinski definition) is 7. The molecule has 0 radical (unpaired) electrons. The van der Waals surface area contributed by atoms with Crippen molar-refractivity contribution in [3.05, 3.63) is 45.4 Å². The second-order valence-corrected chi connectivity index (χ2v) is 6.37. The Kier molecular flexibility index (Phi) is 7.08. The van der Waals surface area contributed by atoms with E-state index in [9.17, 15) is 9.59 Å². The number of aromatic nitrogens is 2. The zero-order chi connectivity index (χ0) is 19.1. The van der Waals surface area contributed by atoms with Crippen LogP contribution in [0.4, 0.5) is 0 Å². The van der Waals surface area contributed by atoms with E-state index in [4.69, 9.17) is 14.2 Å². The van der Waals surface area contributed by atoms with Crippen molar-refractivity contribution in [2.75, 3.05) is 26.6 Å². The van der Waals surface area contributed by atoms with Gasteiger partial charge < -0.3 is 19.2 Å². The van der Waals surface area contributed by atoms with Gasteiger partial charge in [-0.3, -0.25) is 9.59 Å². The maximum atomic E-state index is 12.2. The summed E-state index contributed by atoms with van der Waals surface area (Å²) in [6.45, 7) is 3.79. The van der Waals surface area contributed by atoms with E-state index >= 15 is 0 Å². The van der Waals surface area contributed by atoms with Gasteiger partial charge in [-0.2, -0.15) is 0 Å². The Hall–Kier alpha value is -2.48. The molecule has 1 aromatic heterocycles. The van der Waals surface area contributed by atoms with Crippen LogP contribution in [0.1, 0.15) is 23.7 Å². The fourth-order valence-corrected chi connectivity index (χ4v) is 2.99. The van der Waals surface area contributed by atoms with Crippen LogP contribution in [0.25, 0.3) is 0 Å². The molecule has 0 amide bonds. The molecule has 26 heavy (non-hydrogen) atoms. The maximum Gasteiger partial charge on any atom is 0.316 e. The molecule has 8 heteroatoms. The SMILES string of the molecule is CCOC(=O)CSc1nc(Cc2ccc(OC)c(OC)c2)c(C)c(=O)[nH]1. The Bertz CT molecular complexity index is 835. The number of nitrogens with zero attached hydrogens (tertiary/aromatic N) is 1. The number of thioether (sulfide) groups is 1. The van der Waals surface area contributed by atoms with E-state index in [1.54, 1.807) is 28.1 Å². The van der Waals surface area contributed by atoms with Gasteiger partial charge in [-0.1, -0.05) is 17.8 Å². The van der Waals surface area contributed by atoms with Crippen LogP contribution in [-0.2, 0) is 16.0 Å². The van der Waals surface area contributed by atoms with Gasteiger partial charge >= 0.3 is 5.97 Å². The highest BCUT2D eigenvalue weighted by molar-refractivity contribution is 7.99. The van der Waals surface area contributed by atoms with Crippen LogP contribution in [0.2, 0.25) is 0 Å². The first-order chi connectivity index (χ1) is 12.5. The minimum Gasteiger partial charge on any atom is -0.493 e. The van der Waals surface area contributed by atoms with Gasteiger partial charge in [0.05, 0.1) is 32.3 Å². The first kappa shape index (κ1) is 19.8. The summed E-state index contributed by atoms with van der Waals surface area (Å²) in [5.41, 5.74) is 1.90. The Morgan fingerprint density at radius 2 is 1.96 bits per heavy atom. The molecule has 0 fully saturated rings. The largest absolute Gasteiger partial charge is 0.493 e. The molecule has 0 aliphatic rings. The van der Waals surface area contributed by atoms with Gasteiger partial charge in [-0.15, -0.1) is 0 Å². The van der Waals surface area contributed by atoms with Crippen LogP contribution in [-0.4, -0.2) is 42.5 Å². The second-order valence-electron chi connectivity index (χ2n) is 5.40. The average molecular weight is 378 g/mol. The van der Waals surface area contributed by atoms with Crippen molar-refractivity contribution >= 4 is 17.7 Å². The second kappa shape index (κ2) is 9.28. The highest BCUT2D eigenvalue weighted by atomic mass is 32.2. The highest BCUT2D eigenvalue weighted by Crippen LogP contribution is 2.28. The summed E-state index contributed by atoms with van der Waals surface area (Å²) in [7, 11) is 3.15. The van der Waals surface area contributed by atoms with E-state index in [1.165, 1.54) is 0 Å². The monoisotopic (exact) mass is 378 g/mol. The van der Waals surface area contributed by atoms with Crippen LogP contribution >= 0.6 is 11.8 Å². The summed E-state index contributed by atoms with van der Waals surface area (Å²) in [6, 6.07) is 5.56. The fraction of sp³-hybridized carbons (Fsp3) is 0.389. The number of nitrogens with one attached hydrogen (secondary N) is 1. The number of esters is 1. The molecule has 0 atom stereocenters. The molecule has 2 rings (SSSR count). The molecule has 1 aromatic carbocycles. The van der Waals surface area contributed by atoms with Gasteiger partial charge in [0.2, 0.25) is 0 Å². The molecule has 2 aromatic rings. The summed E-state index contributed by atoms with van der Waals surface area (Å²) in [5, 5.41) is 0.393. The van der Waals surface area contributed by atoms with E-state index < -0.39 is 0 Å². The number of H-pyrrole nitrogens is 1. The molecule has 1 N–H and O–H groups in total. The first-order valence-corrected chi connectivity index (χ1v) is 9.06. The minimum atomic E-state index is -0.345. The smallest absolute Gasteiger partial charge is 0.316 e. The lowest BCUT2D eigenvalue weighted by Gasteiger charge is -2.11. The van der Waals surface area contributed by atoms with Gasteiger partial charge in [-0.25, -0.2) is 4.98 Å². The number of aromatic amines is 1. The van der Waals surface area contributed by atoms with Crippen LogP contribution in [0.3, 0.4) is 0 Å². The molecule has 1 heterocycles. The molecule has 0 unspecified atom stereocenters. The highest BCUT2D eigenvalue weighted by Gasteiger charge is 2.12. The van der Waals surface area contributed by atoms with E-state index in [-0.39, 0.29) is 17.3 Å². The van der Waals surface area contributed by atoms with Crippen molar-refractivity contribution in [3.63, 3.8) is 0 Å². The number of carbonyl (C=O) groups excluding carboxylic acids is 1. The van der Waals surface area contributed by atoms with E-state index in [2.05, 4.69) is 9.97 Å². The van der Waals surface area contributed by atoms with E-state index in [1.807, 2.05) is 18.2 Å². The van der Waals surface area contributed by atoms with Gasteiger partial charge in [0.15, 0.2) is 16.7 Å². The van der Waals surface area contributed by atoms with Crippen molar-refractivity contribution in [3.8, 4) is 11.5 Å². The minimum absolute atomic E-state index is 0.0929. The predicted octanol–water partition coefficient (Wildman–Crippen LogP) is 2.34. The topological polar surface area (TPSA) is 90.5 Å². The number of ether oxygens (including phenoxy) is 3. The molecular weight excluding hydrogens is 356 g/mol. The summed E-state index contributed by atoms with van der Waals surface area (Å²) >= 11 is 1.14. The lowest BCUT2D eigenvalue weighted by Crippen LogP contribution is -2.17. The van der Waals surface area contributed by atoms with Gasteiger partial charge in [0.25, 0.3) is 5.56 Å². The van der Waals surface area contributed by atoms with Gasteiger partial charge in [0, 0.05) is 12.0 Å². The Morgan fingerprint density at radius 1 is 1.23 bits per heavy atom. The van der Waals surface area contributed by atoms with Crippen LogP contribution < -0.4 is 15.0 Å². The molecule has 140 valence electrons. The van der Waals surface area contributed by atoms with E-state index in [0.29, 0.717) is 40.9 Å². The lowest BCUT2D eigenvalue weighted by molar-refractivity contribution is -0.139. The normalized spacial score (nSPS) is 10.5. The van der Waals surface area contributed by atoms with Gasteiger partial charge in [-0.05, 0) is 31.5 Å². The summed E-state index contributed by atoms with van der Waals surface area (Å²) in [4.78, 5) is 30.8. The fourth-order valence-electron chi connectivity index (χ4n) is 2.31. The summed E-state index contributed by atoms with van der Waals surface area (Å²) in [6.07, 6.45) is 0.461. The van der Waals surface area contributed by atoms with Crippen molar-refractivity contribution in [1.29, 1.82) is 0 Å². The average Bonchev–Trinajstić information content (AvgIpc) is 2.64. The van der Waals surface area contributed by atoms with Crippen molar-refractivity contribution in [1.82, 2.24) is 9.97 Å². The third-order valence-corrected chi connectivity index (χ3v) is 4.53. The van der Waals surface area contributed by atoms with Crippen LogP contribution in [0.5, 0.6) is 11.5 Å². The Balaban J connectivity index is 2.23. The third kappa shape index (κ3) is 5.01. The molecule has 0 spiro atoms. The Labute approximate surface area is 156 Å². The summed E-state index contributed by atoms with van der Waals surface area (Å²) < 4.78 is 15.4. The first-order valence-electron chi connectivity index (χ1n) is 8.07. The zero-order valence-electron chi connectivity index (χ0n) is 15.3. The lowest BCUT2D eigenvalue weighted by atomic mass is 10.1. The van der Waals surface area contributed by atoms with Crippen molar-refractivity contribution in [2.24, 2.45) is 0 Å². The molecule has 0 aliphatic carbocycles. The standard InChI is InChI=1S/C18H22N2O5S/c1-5-25-16(21)10-26-18-19-13(11(2)17(22)20-18)8-12-6-7-14(23-3)15(9-12)24-4/h6-7,9H,5,8,10H2,1-4H3,(H,19,20,22). The molecular formula is C18H22N2O5S. The van der Waals surface area contributed by atoms with E-state index in [0.717, 1.165) is 17.3 Å². The summed E-state index contributed by atoms with van der Waals surface area (Å²) in [5.74, 6) is 0.999. The maximum absolute atomic E-state index is 12.2. The van der Waals surface area contributed by atoms with Gasteiger partial charge in [0.1, 0.15) is 0 Å². The number of methoxy groups -OCH3 is 2. The van der Waals surface area contributed by atoms with Crippen molar-refractivity contribution in [2.45, 2.75) is 25.4 Å². The third-order valence-electron chi connectivity index (χ3n) is 3.68. The Morgan fingerprint density at radius 3 is 2.62 bits per heavy atom. The molecule has 0 bridgehead atoms. The molecule has 0 saturated heterocycles. The van der Waals surface area contributed by atoms with Crippen LogP contribution in [0.15, 0.2) is 28.2 Å². The molecule has 0 aliphatic heterocycles.